The minimum atomic E-state index is -0.428. The van der Waals surface area contributed by atoms with Crippen LogP contribution in [0.2, 0.25) is 0 Å². The van der Waals surface area contributed by atoms with E-state index in [-0.39, 0.29) is 5.56 Å². The van der Waals surface area contributed by atoms with Gasteiger partial charge in [-0.2, -0.15) is 0 Å². The topological polar surface area (TPSA) is 70.9 Å². The molecule has 6 heteroatoms. The number of fused-ring (bicyclic) bond motifs is 1. The summed E-state index contributed by atoms with van der Waals surface area (Å²) in [6.45, 7) is 2.53. The van der Waals surface area contributed by atoms with E-state index in [2.05, 4.69) is 9.97 Å². The molecule has 110 valence electrons. The predicted octanol–water partition coefficient (Wildman–Crippen LogP) is 2.67. The van der Waals surface area contributed by atoms with Crippen molar-refractivity contribution in [2.45, 2.75) is 32.4 Å². The van der Waals surface area contributed by atoms with Gasteiger partial charge in [-0.05, 0) is 29.5 Å². The molecular weight excluding hydrogens is 286 g/mol. The summed E-state index contributed by atoms with van der Waals surface area (Å²) in [5, 5.41) is 11.8. The molecule has 0 aromatic carbocycles. The molecule has 0 aliphatic carbocycles. The van der Waals surface area contributed by atoms with Crippen molar-refractivity contribution >= 4 is 21.6 Å². The first-order chi connectivity index (χ1) is 10.2. The number of aromatic amines is 1. The Morgan fingerprint density at radius 1 is 1.48 bits per heavy atom. The molecule has 5 nitrogen and oxygen atoms in total. The molecule has 0 saturated heterocycles. The van der Waals surface area contributed by atoms with E-state index in [4.69, 9.17) is 0 Å². The molecule has 0 bridgehead atoms. The van der Waals surface area contributed by atoms with Gasteiger partial charge in [0.15, 0.2) is 0 Å². The van der Waals surface area contributed by atoms with Gasteiger partial charge in [0.25, 0.3) is 5.56 Å². The molecule has 0 spiro atoms. The highest BCUT2D eigenvalue weighted by molar-refractivity contribution is 7.17. The minimum absolute atomic E-state index is 0.0941. The van der Waals surface area contributed by atoms with E-state index in [9.17, 15) is 9.90 Å². The summed E-state index contributed by atoms with van der Waals surface area (Å²) in [4.78, 5) is 19.2. The Morgan fingerprint density at radius 2 is 2.33 bits per heavy atom. The second kappa shape index (κ2) is 5.83. The fraction of sp³-hybridized carbons (Fsp3) is 0.333. The van der Waals surface area contributed by atoms with E-state index in [1.807, 2.05) is 41.4 Å². The van der Waals surface area contributed by atoms with E-state index >= 15 is 0 Å². The fourth-order valence-corrected chi connectivity index (χ4v) is 3.09. The van der Waals surface area contributed by atoms with Crippen molar-refractivity contribution in [3.8, 4) is 0 Å². The third-order valence-electron chi connectivity index (χ3n) is 3.42. The van der Waals surface area contributed by atoms with Crippen LogP contribution in [0, 0.1) is 0 Å². The van der Waals surface area contributed by atoms with Gasteiger partial charge in [0.1, 0.15) is 10.5 Å². The summed E-state index contributed by atoms with van der Waals surface area (Å²) in [5.41, 5.74) is 1.54. The van der Waals surface area contributed by atoms with Crippen molar-refractivity contribution in [2.75, 3.05) is 0 Å². The summed E-state index contributed by atoms with van der Waals surface area (Å²) < 4.78 is 2.58. The van der Waals surface area contributed by atoms with Crippen molar-refractivity contribution in [3.63, 3.8) is 0 Å². The third-order valence-corrected chi connectivity index (χ3v) is 4.32. The van der Waals surface area contributed by atoms with Crippen LogP contribution in [0.15, 0.2) is 34.7 Å². The van der Waals surface area contributed by atoms with Gasteiger partial charge in [-0.25, -0.2) is 4.98 Å². The van der Waals surface area contributed by atoms with Gasteiger partial charge in [-0.15, -0.1) is 11.3 Å². The molecule has 0 aliphatic heterocycles. The van der Waals surface area contributed by atoms with Crippen LogP contribution in [0.5, 0.6) is 0 Å². The maximum atomic E-state index is 11.9. The molecule has 0 aliphatic rings. The summed E-state index contributed by atoms with van der Waals surface area (Å²) in [6, 6.07) is 3.76. The van der Waals surface area contributed by atoms with Crippen molar-refractivity contribution in [1.29, 1.82) is 0 Å². The Hall–Kier alpha value is -1.92. The second-order valence-corrected chi connectivity index (χ2v) is 5.99. The quantitative estimate of drug-likeness (QED) is 0.761. The monoisotopic (exact) mass is 303 g/mol. The van der Waals surface area contributed by atoms with Crippen molar-refractivity contribution in [2.24, 2.45) is 0 Å². The van der Waals surface area contributed by atoms with Crippen LogP contribution in [-0.2, 0) is 6.54 Å². The van der Waals surface area contributed by atoms with Crippen molar-refractivity contribution in [1.82, 2.24) is 14.5 Å². The van der Waals surface area contributed by atoms with Crippen molar-refractivity contribution in [3.05, 3.63) is 51.6 Å². The lowest BCUT2D eigenvalue weighted by atomic mass is 10.1. The number of H-pyrrole nitrogens is 1. The van der Waals surface area contributed by atoms with E-state index < -0.39 is 6.10 Å². The number of nitrogens with zero attached hydrogens (tertiary/aromatic N) is 2. The maximum absolute atomic E-state index is 11.9. The van der Waals surface area contributed by atoms with Crippen LogP contribution >= 0.6 is 11.3 Å². The first-order valence-corrected chi connectivity index (χ1v) is 7.85. The molecule has 1 unspecified atom stereocenters. The standard InChI is InChI=1S/C15H17N3O2S/c1-2-3-12(19)10-4-6-18(8-10)9-13-16-11-5-7-21-14(11)15(20)17-13/h4-8,12,19H,2-3,9H2,1H3,(H,16,17,20). The summed E-state index contributed by atoms with van der Waals surface area (Å²) in [7, 11) is 0. The van der Waals surface area contributed by atoms with Gasteiger partial charge >= 0.3 is 0 Å². The number of rotatable bonds is 5. The van der Waals surface area contributed by atoms with Gasteiger partial charge < -0.3 is 14.7 Å². The van der Waals surface area contributed by atoms with E-state index in [1.165, 1.54) is 11.3 Å². The van der Waals surface area contributed by atoms with Crippen LogP contribution in [0.3, 0.4) is 0 Å². The Kier molecular flexibility index (Phi) is 3.90. The lowest BCUT2D eigenvalue weighted by Crippen LogP contribution is -2.12. The Balaban J connectivity index is 1.83. The highest BCUT2D eigenvalue weighted by Crippen LogP contribution is 2.19. The zero-order valence-corrected chi connectivity index (χ0v) is 12.6. The smallest absolute Gasteiger partial charge is 0.268 e. The Morgan fingerprint density at radius 3 is 3.14 bits per heavy atom. The molecule has 0 saturated carbocycles. The highest BCUT2D eigenvalue weighted by Gasteiger charge is 2.09. The molecule has 3 rings (SSSR count). The van der Waals surface area contributed by atoms with Crippen LogP contribution in [0.1, 0.15) is 37.3 Å². The SMILES string of the molecule is CCCC(O)c1ccn(Cc2nc3ccsc3c(=O)[nH]2)c1. The molecule has 21 heavy (non-hydrogen) atoms. The third kappa shape index (κ3) is 2.91. The summed E-state index contributed by atoms with van der Waals surface area (Å²) in [5.74, 6) is 0.623. The molecule has 0 radical (unpaired) electrons. The first kappa shape index (κ1) is 14.0. The van der Waals surface area contributed by atoms with Gasteiger partial charge in [0, 0.05) is 12.4 Å². The zero-order valence-electron chi connectivity index (χ0n) is 11.7. The Bertz CT molecular complexity index is 802. The second-order valence-electron chi connectivity index (χ2n) is 5.07. The normalized spacial score (nSPS) is 12.9. The van der Waals surface area contributed by atoms with Gasteiger partial charge in [0.05, 0.1) is 18.2 Å². The van der Waals surface area contributed by atoms with Crippen LogP contribution in [-0.4, -0.2) is 19.6 Å². The van der Waals surface area contributed by atoms with E-state index in [0.29, 0.717) is 17.1 Å². The zero-order chi connectivity index (χ0) is 14.8. The predicted molar refractivity (Wildman–Crippen MR) is 83.6 cm³/mol. The highest BCUT2D eigenvalue weighted by atomic mass is 32.1. The molecule has 2 N–H and O–H groups in total. The van der Waals surface area contributed by atoms with Crippen LogP contribution in [0.25, 0.3) is 10.2 Å². The van der Waals surface area contributed by atoms with Crippen LogP contribution < -0.4 is 5.56 Å². The number of aliphatic hydroxyl groups excluding tert-OH is 1. The average Bonchev–Trinajstić information content (AvgIpc) is 3.08. The minimum Gasteiger partial charge on any atom is -0.388 e. The van der Waals surface area contributed by atoms with Gasteiger partial charge in [-0.1, -0.05) is 13.3 Å². The molecule has 1 atom stereocenters. The average molecular weight is 303 g/mol. The van der Waals surface area contributed by atoms with E-state index in [0.717, 1.165) is 23.9 Å². The molecule has 0 fully saturated rings. The lowest BCUT2D eigenvalue weighted by molar-refractivity contribution is 0.166. The summed E-state index contributed by atoms with van der Waals surface area (Å²) in [6.07, 6.45) is 5.06. The maximum Gasteiger partial charge on any atom is 0.268 e. The molecule has 3 heterocycles. The number of aliphatic hydroxyl groups is 1. The summed E-state index contributed by atoms with van der Waals surface area (Å²) >= 11 is 1.40. The fourth-order valence-electron chi connectivity index (χ4n) is 2.36. The Labute approximate surface area is 125 Å². The molecule has 0 amide bonds. The number of hydrogen-bond acceptors (Lipinski definition) is 4. The first-order valence-electron chi connectivity index (χ1n) is 6.97. The molecule has 3 aromatic heterocycles. The van der Waals surface area contributed by atoms with Crippen molar-refractivity contribution < 1.29 is 5.11 Å². The van der Waals surface area contributed by atoms with Gasteiger partial charge in [0.2, 0.25) is 0 Å². The molecular formula is C15H17N3O2S. The molecule has 3 aromatic rings. The number of nitrogens with one attached hydrogen (secondary N) is 1. The largest absolute Gasteiger partial charge is 0.388 e. The number of aromatic nitrogens is 3. The van der Waals surface area contributed by atoms with E-state index in [1.54, 1.807) is 0 Å². The number of thiophene rings is 1. The lowest BCUT2D eigenvalue weighted by Gasteiger charge is -2.06. The van der Waals surface area contributed by atoms with Gasteiger partial charge in [-0.3, -0.25) is 4.79 Å². The number of hydrogen-bond donors (Lipinski definition) is 2. The van der Waals surface area contributed by atoms with Crippen LogP contribution in [0.4, 0.5) is 0 Å².